The predicted molar refractivity (Wildman–Crippen MR) is 86.9 cm³/mol. The summed E-state index contributed by atoms with van der Waals surface area (Å²) in [5, 5.41) is 3.82. The number of rotatable bonds is 7. The van der Waals surface area contributed by atoms with Crippen LogP contribution in [-0.2, 0) is 0 Å². The second kappa shape index (κ2) is 7.33. The van der Waals surface area contributed by atoms with E-state index in [4.69, 9.17) is 0 Å². The van der Waals surface area contributed by atoms with Crippen molar-refractivity contribution >= 4 is 11.8 Å². The lowest BCUT2D eigenvalue weighted by Gasteiger charge is -2.46. The smallest absolute Gasteiger partial charge is 0.0247 e. The Balaban J connectivity index is 1.89. The molecule has 1 N–H and O–H groups in total. The van der Waals surface area contributed by atoms with Gasteiger partial charge in [0.2, 0.25) is 0 Å². The molecule has 3 unspecified atom stereocenters. The number of hydrogen-bond donors (Lipinski definition) is 1. The Morgan fingerprint density at radius 3 is 2.58 bits per heavy atom. The van der Waals surface area contributed by atoms with Crippen LogP contribution in [0.4, 0.5) is 0 Å². The third-order valence-electron chi connectivity index (χ3n) is 4.83. The summed E-state index contributed by atoms with van der Waals surface area (Å²) < 4.78 is 0. The van der Waals surface area contributed by atoms with Crippen molar-refractivity contribution in [3.63, 3.8) is 0 Å². The summed E-state index contributed by atoms with van der Waals surface area (Å²) in [6.07, 6.45) is 4.26. The minimum Gasteiger partial charge on any atom is -0.311 e. The molecule has 2 fully saturated rings. The van der Waals surface area contributed by atoms with Gasteiger partial charge in [0.25, 0.3) is 0 Å². The first-order chi connectivity index (χ1) is 9.13. The molecule has 0 aromatic carbocycles. The fraction of sp³-hybridized carbons (Fsp3) is 1.00. The third kappa shape index (κ3) is 4.37. The molecule has 2 rings (SSSR count). The standard InChI is InChI=1S/C16H32N2S/c1-5-19-9-8-13(4)18-11-15(14-6-7-14)17-10-16(18)12(2)3/h12-17H,5-11H2,1-4H3. The number of nitrogens with zero attached hydrogens (tertiary/aromatic N) is 1. The molecule has 1 saturated carbocycles. The highest BCUT2D eigenvalue weighted by molar-refractivity contribution is 7.99. The summed E-state index contributed by atoms with van der Waals surface area (Å²) in [4.78, 5) is 2.82. The van der Waals surface area contributed by atoms with E-state index in [0.717, 1.165) is 30.0 Å². The van der Waals surface area contributed by atoms with Crippen LogP contribution in [0.15, 0.2) is 0 Å². The first kappa shape index (κ1) is 15.7. The highest BCUT2D eigenvalue weighted by Crippen LogP contribution is 2.35. The zero-order valence-corrected chi connectivity index (χ0v) is 14.0. The Morgan fingerprint density at radius 1 is 1.26 bits per heavy atom. The van der Waals surface area contributed by atoms with Gasteiger partial charge >= 0.3 is 0 Å². The van der Waals surface area contributed by atoms with Crippen LogP contribution in [0.5, 0.6) is 0 Å². The van der Waals surface area contributed by atoms with Gasteiger partial charge in [-0.2, -0.15) is 11.8 Å². The van der Waals surface area contributed by atoms with Gasteiger partial charge in [-0.05, 0) is 49.5 Å². The maximum Gasteiger partial charge on any atom is 0.0247 e. The molecule has 0 radical (unpaired) electrons. The zero-order chi connectivity index (χ0) is 13.8. The molecule has 1 aliphatic heterocycles. The molecule has 2 aliphatic rings. The van der Waals surface area contributed by atoms with E-state index in [2.05, 4.69) is 49.7 Å². The van der Waals surface area contributed by atoms with Crippen LogP contribution in [0.3, 0.4) is 0 Å². The first-order valence-electron chi connectivity index (χ1n) is 8.20. The molecule has 3 heteroatoms. The lowest BCUT2D eigenvalue weighted by molar-refractivity contribution is 0.0563. The molecular formula is C16H32N2S. The molecule has 3 atom stereocenters. The topological polar surface area (TPSA) is 15.3 Å². The molecule has 0 spiro atoms. The summed E-state index contributed by atoms with van der Waals surface area (Å²) in [6.45, 7) is 11.9. The van der Waals surface area contributed by atoms with Crippen molar-refractivity contribution in [2.24, 2.45) is 11.8 Å². The normalized spacial score (nSPS) is 30.8. The molecule has 0 bridgehead atoms. The first-order valence-corrected chi connectivity index (χ1v) is 9.35. The molecular weight excluding hydrogens is 252 g/mol. The van der Waals surface area contributed by atoms with Crippen molar-refractivity contribution in [2.45, 2.75) is 65.1 Å². The number of nitrogens with one attached hydrogen (secondary N) is 1. The van der Waals surface area contributed by atoms with Crippen molar-refractivity contribution in [3.05, 3.63) is 0 Å². The van der Waals surface area contributed by atoms with Crippen molar-refractivity contribution in [1.29, 1.82) is 0 Å². The Hall–Kier alpha value is 0.270. The largest absolute Gasteiger partial charge is 0.311 e. The summed E-state index contributed by atoms with van der Waals surface area (Å²) in [6, 6.07) is 2.25. The Morgan fingerprint density at radius 2 is 2.00 bits per heavy atom. The quantitative estimate of drug-likeness (QED) is 0.723. The second-order valence-electron chi connectivity index (χ2n) is 6.69. The predicted octanol–water partition coefficient (Wildman–Crippen LogP) is 3.23. The molecule has 1 aliphatic carbocycles. The monoisotopic (exact) mass is 284 g/mol. The maximum absolute atomic E-state index is 3.82. The minimum absolute atomic E-state index is 0.733. The molecule has 1 heterocycles. The maximum atomic E-state index is 3.82. The molecule has 0 aromatic heterocycles. The highest BCUT2D eigenvalue weighted by atomic mass is 32.2. The van der Waals surface area contributed by atoms with Gasteiger partial charge in [-0.15, -0.1) is 0 Å². The second-order valence-corrected chi connectivity index (χ2v) is 8.09. The van der Waals surface area contributed by atoms with E-state index in [1.54, 1.807) is 0 Å². The minimum atomic E-state index is 0.733. The van der Waals surface area contributed by atoms with Gasteiger partial charge in [0.05, 0.1) is 0 Å². The lowest BCUT2D eigenvalue weighted by atomic mass is 9.95. The number of hydrogen-bond acceptors (Lipinski definition) is 3. The summed E-state index contributed by atoms with van der Waals surface area (Å²) >= 11 is 2.09. The van der Waals surface area contributed by atoms with Gasteiger partial charge in [0.1, 0.15) is 0 Å². The lowest BCUT2D eigenvalue weighted by Crippen LogP contribution is -2.61. The van der Waals surface area contributed by atoms with Gasteiger partial charge in [-0.3, -0.25) is 4.90 Å². The molecule has 0 aromatic rings. The number of thioether (sulfide) groups is 1. The van der Waals surface area contributed by atoms with Crippen LogP contribution in [0.25, 0.3) is 0 Å². The Bertz CT molecular complexity index is 265. The van der Waals surface area contributed by atoms with E-state index in [1.807, 2.05) is 0 Å². The van der Waals surface area contributed by atoms with Crippen molar-refractivity contribution in [3.8, 4) is 0 Å². The van der Waals surface area contributed by atoms with Crippen LogP contribution >= 0.6 is 11.8 Å². The van der Waals surface area contributed by atoms with E-state index in [-0.39, 0.29) is 0 Å². The van der Waals surface area contributed by atoms with E-state index in [1.165, 1.54) is 43.9 Å². The van der Waals surface area contributed by atoms with Gasteiger partial charge in [-0.1, -0.05) is 20.8 Å². The van der Waals surface area contributed by atoms with Gasteiger partial charge < -0.3 is 5.32 Å². The van der Waals surface area contributed by atoms with E-state index in [0.29, 0.717) is 0 Å². The fourth-order valence-electron chi connectivity index (χ4n) is 3.32. The van der Waals surface area contributed by atoms with Gasteiger partial charge in [0.15, 0.2) is 0 Å². The average molecular weight is 285 g/mol. The summed E-state index contributed by atoms with van der Waals surface area (Å²) in [5.74, 6) is 4.31. The third-order valence-corrected chi connectivity index (χ3v) is 5.77. The Kier molecular flexibility index (Phi) is 6.04. The SMILES string of the molecule is CCSCCC(C)N1CC(C2CC2)NCC1C(C)C. The number of piperazine rings is 1. The fourth-order valence-corrected chi connectivity index (χ4v) is 4.12. The van der Waals surface area contributed by atoms with E-state index in [9.17, 15) is 0 Å². The molecule has 0 amide bonds. The average Bonchev–Trinajstić information content (AvgIpc) is 3.22. The van der Waals surface area contributed by atoms with Crippen molar-refractivity contribution in [1.82, 2.24) is 10.2 Å². The van der Waals surface area contributed by atoms with Crippen LogP contribution in [0, 0.1) is 11.8 Å². The molecule has 112 valence electrons. The zero-order valence-electron chi connectivity index (χ0n) is 13.2. The van der Waals surface area contributed by atoms with Gasteiger partial charge in [0, 0.05) is 31.2 Å². The van der Waals surface area contributed by atoms with Crippen LogP contribution in [-0.4, -0.2) is 47.6 Å². The van der Waals surface area contributed by atoms with Crippen molar-refractivity contribution < 1.29 is 0 Å². The van der Waals surface area contributed by atoms with Crippen molar-refractivity contribution in [2.75, 3.05) is 24.6 Å². The van der Waals surface area contributed by atoms with Gasteiger partial charge in [-0.25, -0.2) is 0 Å². The summed E-state index contributed by atoms with van der Waals surface area (Å²) in [7, 11) is 0. The Labute approximate surface area is 124 Å². The summed E-state index contributed by atoms with van der Waals surface area (Å²) in [5.41, 5.74) is 0. The molecule has 19 heavy (non-hydrogen) atoms. The van der Waals surface area contributed by atoms with E-state index < -0.39 is 0 Å². The van der Waals surface area contributed by atoms with Crippen LogP contribution in [0.1, 0.15) is 47.0 Å². The molecule has 2 nitrogen and oxygen atoms in total. The van der Waals surface area contributed by atoms with Crippen LogP contribution in [0.2, 0.25) is 0 Å². The van der Waals surface area contributed by atoms with E-state index >= 15 is 0 Å². The molecule has 1 saturated heterocycles. The highest BCUT2D eigenvalue weighted by Gasteiger charge is 2.39. The van der Waals surface area contributed by atoms with Crippen LogP contribution < -0.4 is 5.32 Å².